The van der Waals surface area contributed by atoms with Gasteiger partial charge in [0.05, 0.1) is 5.56 Å². The molecule has 0 spiro atoms. The van der Waals surface area contributed by atoms with Crippen LogP contribution < -0.4 is 10.2 Å². The largest absolute Gasteiger partial charge is 0.369 e. The van der Waals surface area contributed by atoms with Gasteiger partial charge in [0, 0.05) is 41.1 Å². The van der Waals surface area contributed by atoms with Crippen LogP contribution in [0.2, 0.25) is 0 Å². The van der Waals surface area contributed by atoms with Crippen LogP contribution in [-0.2, 0) is 0 Å². The summed E-state index contributed by atoms with van der Waals surface area (Å²) in [4.78, 5) is 10.8. The molecule has 2 heterocycles. The molecule has 0 saturated carbocycles. The fourth-order valence-corrected chi connectivity index (χ4v) is 3.32. The molecule has 1 unspecified atom stereocenters. The first-order valence-corrected chi connectivity index (χ1v) is 8.45. The number of benzene rings is 1. The topological polar surface area (TPSA) is 64.8 Å². The van der Waals surface area contributed by atoms with Crippen LogP contribution in [0, 0.1) is 18.3 Å². The number of rotatable bonds is 3. The SMILES string of the molecule is Cc1cc(NC2CCCN(c3ccc(C#N)c(Br)c3)C2)ncn1. The summed E-state index contributed by atoms with van der Waals surface area (Å²) < 4.78 is 0.846. The minimum Gasteiger partial charge on any atom is -0.369 e. The molecule has 0 aliphatic carbocycles. The van der Waals surface area contributed by atoms with Crippen LogP contribution in [-0.4, -0.2) is 29.1 Å². The lowest BCUT2D eigenvalue weighted by molar-refractivity contribution is 0.529. The van der Waals surface area contributed by atoms with Crippen LogP contribution in [0.1, 0.15) is 24.1 Å². The zero-order chi connectivity index (χ0) is 16.2. The summed E-state index contributed by atoms with van der Waals surface area (Å²) in [5.74, 6) is 0.880. The Hall–Kier alpha value is -2.13. The highest BCUT2D eigenvalue weighted by Crippen LogP contribution is 2.26. The van der Waals surface area contributed by atoms with E-state index < -0.39 is 0 Å². The molecular weight excluding hydrogens is 354 g/mol. The number of hydrogen-bond donors (Lipinski definition) is 1. The van der Waals surface area contributed by atoms with E-state index in [1.807, 2.05) is 31.2 Å². The molecule has 1 atom stereocenters. The molecule has 118 valence electrons. The first kappa shape index (κ1) is 15.8. The molecule has 1 saturated heterocycles. The fraction of sp³-hybridized carbons (Fsp3) is 0.353. The summed E-state index contributed by atoms with van der Waals surface area (Å²) in [6, 6.07) is 10.4. The Kier molecular flexibility index (Phi) is 4.77. The van der Waals surface area contributed by atoms with Crippen molar-refractivity contribution in [2.45, 2.75) is 25.8 Å². The monoisotopic (exact) mass is 371 g/mol. The standard InChI is InChI=1S/C17H18BrN5/c1-12-7-17(21-11-20-12)22-14-3-2-6-23(10-14)15-5-4-13(9-19)16(18)8-15/h4-5,7-8,11,14H,2-3,6,10H2,1H3,(H,20,21,22). The number of aromatic nitrogens is 2. The maximum Gasteiger partial charge on any atom is 0.129 e. The highest BCUT2D eigenvalue weighted by Gasteiger charge is 2.21. The molecule has 1 N–H and O–H groups in total. The van der Waals surface area contributed by atoms with Crippen LogP contribution in [0.15, 0.2) is 35.1 Å². The molecule has 0 radical (unpaired) electrons. The molecule has 23 heavy (non-hydrogen) atoms. The summed E-state index contributed by atoms with van der Waals surface area (Å²) in [5.41, 5.74) is 2.77. The summed E-state index contributed by atoms with van der Waals surface area (Å²) in [6.45, 7) is 3.91. The van der Waals surface area contributed by atoms with Gasteiger partial charge in [0.15, 0.2) is 0 Å². The number of piperidine rings is 1. The smallest absolute Gasteiger partial charge is 0.129 e. The Morgan fingerprint density at radius 2 is 2.22 bits per heavy atom. The van der Waals surface area contributed by atoms with Crippen LogP contribution in [0.4, 0.5) is 11.5 Å². The number of hydrogen-bond acceptors (Lipinski definition) is 5. The minimum absolute atomic E-state index is 0.354. The molecule has 1 aliphatic rings. The van der Waals surface area contributed by atoms with Gasteiger partial charge in [-0.15, -0.1) is 0 Å². The van der Waals surface area contributed by atoms with Crippen molar-refractivity contribution in [3.05, 3.63) is 46.3 Å². The van der Waals surface area contributed by atoms with Gasteiger partial charge in [-0.3, -0.25) is 0 Å². The zero-order valence-electron chi connectivity index (χ0n) is 13.0. The Balaban J connectivity index is 1.71. The number of halogens is 1. The Bertz CT molecular complexity index is 740. The van der Waals surface area contributed by atoms with Crippen molar-refractivity contribution in [3.63, 3.8) is 0 Å². The molecule has 1 aromatic heterocycles. The average Bonchev–Trinajstić information content (AvgIpc) is 2.55. The number of nitrogens with one attached hydrogen (secondary N) is 1. The van der Waals surface area contributed by atoms with E-state index in [1.54, 1.807) is 6.33 Å². The average molecular weight is 372 g/mol. The van der Waals surface area contributed by atoms with Crippen molar-refractivity contribution in [1.29, 1.82) is 5.26 Å². The molecule has 1 fully saturated rings. The Labute approximate surface area is 144 Å². The van der Waals surface area contributed by atoms with Crippen molar-refractivity contribution in [2.24, 2.45) is 0 Å². The Morgan fingerprint density at radius 3 is 2.96 bits per heavy atom. The number of anilines is 2. The Morgan fingerprint density at radius 1 is 1.35 bits per heavy atom. The van der Waals surface area contributed by atoms with Gasteiger partial charge in [0.1, 0.15) is 18.2 Å². The van der Waals surface area contributed by atoms with E-state index in [0.717, 1.165) is 47.6 Å². The molecule has 1 aliphatic heterocycles. The van der Waals surface area contributed by atoms with Crippen LogP contribution in [0.3, 0.4) is 0 Å². The van der Waals surface area contributed by atoms with Crippen LogP contribution >= 0.6 is 15.9 Å². The van der Waals surface area contributed by atoms with Gasteiger partial charge in [0.25, 0.3) is 0 Å². The molecule has 5 nitrogen and oxygen atoms in total. The number of nitriles is 1. The maximum atomic E-state index is 9.03. The van der Waals surface area contributed by atoms with Gasteiger partial charge in [-0.25, -0.2) is 9.97 Å². The van der Waals surface area contributed by atoms with E-state index in [4.69, 9.17) is 5.26 Å². The van der Waals surface area contributed by atoms with Crippen molar-refractivity contribution in [2.75, 3.05) is 23.3 Å². The third-order valence-corrected chi connectivity index (χ3v) is 4.67. The van der Waals surface area contributed by atoms with Gasteiger partial charge in [-0.05, 0) is 53.9 Å². The second-order valence-electron chi connectivity index (χ2n) is 5.75. The van der Waals surface area contributed by atoms with E-state index in [9.17, 15) is 0 Å². The van der Waals surface area contributed by atoms with Gasteiger partial charge in [-0.2, -0.15) is 5.26 Å². The highest BCUT2D eigenvalue weighted by molar-refractivity contribution is 9.10. The van der Waals surface area contributed by atoms with Crippen molar-refractivity contribution in [1.82, 2.24) is 9.97 Å². The van der Waals surface area contributed by atoms with Crippen LogP contribution in [0.25, 0.3) is 0 Å². The van der Waals surface area contributed by atoms with Crippen LogP contribution in [0.5, 0.6) is 0 Å². The summed E-state index contributed by atoms with van der Waals surface area (Å²) in [6.07, 6.45) is 3.84. The van der Waals surface area contributed by atoms with Crippen molar-refractivity contribution in [3.8, 4) is 6.07 Å². The van der Waals surface area contributed by atoms with E-state index in [0.29, 0.717) is 11.6 Å². The van der Waals surface area contributed by atoms with Gasteiger partial charge in [-0.1, -0.05) is 0 Å². The molecule has 0 amide bonds. The normalized spacial score (nSPS) is 17.6. The van der Waals surface area contributed by atoms with E-state index in [2.05, 4.69) is 42.2 Å². The summed E-state index contributed by atoms with van der Waals surface area (Å²) in [7, 11) is 0. The predicted octanol–water partition coefficient (Wildman–Crippen LogP) is 3.50. The lowest BCUT2D eigenvalue weighted by Crippen LogP contribution is -2.42. The molecule has 2 aromatic rings. The first-order chi connectivity index (χ1) is 11.2. The van der Waals surface area contributed by atoms with Gasteiger partial charge >= 0.3 is 0 Å². The number of nitrogens with zero attached hydrogens (tertiary/aromatic N) is 4. The quantitative estimate of drug-likeness (QED) is 0.894. The molecule has 3 rings (SSSR count). The molecular formula is C17H18BrN5. The predicted molar refractivity (Wildman–Crippen MR) is 94.5 cm³/mol. The fourth-order valence-electron chi connectivity index (χ4n) is 2.86. The maximum absolute atomic E-state index is 9.03. The van der Waals surface area contributed by atoms with E-state index in [-0.39, 0.29) is 0 Å². The lowest BCUT2D eigenvalue weighted by Gasteiger charge is -2.35. The molecule has 1 aromatic carbocycles. The zero-order valence-corrected chi connectivity index (χ0v) is 14.5. The third kappa shape index (κ3) is 3.80. The summed E-state index contributed by atoms with van der Waals surface area (Å²) in [5, 5.41) is 12.5. The number of aryl methyl sites for hydroxylation is 1. The van der Waals surface area contributed by atoms with Crippen molar-refractivity contribution >= 4 is 27.4 Å². The molecule has 6 heteroatoms. The minimum atomic E-state index is 0.354. The third-order valence-electron chi connectivity index (χ3n) is 4.02. The highest BCUT2D eigenvalue weighted by atomic mass is 79.9. The van der Waals surface area contributed by atoms with E-state index >= 15 is 0 Å². The first-order valence-electron chi connectivity index (χ1n) is 7.65. The van der Waals surface area contributed by atoms with Gasteiger partial charge < -0.3 is 10.2 Å². The molecule has 0 bridgehead atoms. The van der Waals surface area contributed by atoms with Crippen molar-refractivity contribution < 1.29 is 0 Å². The summed E-state index contributed by atoms with van der Waals surface area (Å²) >= 11 is 3.47. The second kappa shape index (κ2) is 6.97. The van der Waals surface area contributed by atoms with Gasteiger partial charge in [0.2, 0.25) is 0 Å². The lowest BCUT2D eigenvalue weighted by atomic mass is 10.0. The van der Waals surface area contributed by atoms with E-state index in [1.165, 1.54) is 0 Å². The second-order valence-corrected chi connectivity index (χ2v) is 6.60.